The number of ether oxygens (including phenoxy) is 1. The number of aromatic nitrogens is 2. The normalized spacial score (nSPS) is 16.0. The molecule has 1 saturated heterocycles. The predicted molar refractivity (Wildman–Crippen MR) is 140 cm³/mol. The largest absolute Gasteiger partial charge is 0.506 e. The summed E-state index contributed by atoms with van der Waals surface area (Å²) < 4.78 is 10.8. The third kappa shape index (κ3) is 6.08. The van der Waals surface area contributed by atoms with Crippen molar-refractivity contribution in [3.63, 3.8) is 0 Å². The van der Waals surface area contributed by atoms with Crippen LogP contribution in [0.25, 0.3) is 22.8 Å². The number of halogens is 1. The Kier molecular flexibility index (Phi) is 8.00. The van der Waals surface area contributed by atoms with Gasteiger partial charge >= 0.3 is 6.16 Å². The van der Waals surface area contributed by atoms with E-state index in [2.05, 4.69) is 41.0 Å². The number of piperidine rings is 1. The molecule has 0 atom stereocenters. The molecule has 0 radical (unpaired) electrons. The lowest BCUT2D eigenvalue weighted by molar-refractivity contribution is -0.0848. The lowest BCUT2D eigenvalue weighted by atomic mass is 9.81. The fraction of sp³-hybridized carbons (Fsp3) is 0.464. The van der Waals surface area contributed by atoms with Gasteiger partial charge in [-0.05, 0) is 41.5 Å². The van der Waals surface area contributed by atoms with Crippen molar-refractivity contribution in [2.45, 2.75) is 59.1 Å². The van der Waals surface area contributed by atoms with Crippen LogP contribution in [0.4, 0.5) is 4.79 Å². The number of carboxylic acid groups (broad SMARTS) is 1. The van der Waals surface area contributed by atoms with Gasteiger partial charge in [0.15, 0.2) is 0 Å². The van der Waals surface area contributed by atoms with E-state index in [4.69, 9.17) is 26.0 Å². The van der Waals surface area contributed by atoms with E-state index in [0.29, 0.717) is 35.5 Å². The van der Waals surface area contributed by atoms with E-state index < -0.39 is 11.8 Å². The minimum atomic E-state index is -1.19. The van der Waals surface area contributed by atoms with E-state index in [-0.39, 0.29) is 5.92 Å². The van der Waals surface area contributed by atoms with Gasteiger partial charge in [-0.15, -0.1) is 0 Å². The fourth-order valence-corrected chi connectivity index (χ4v) is 5.08. The molecule has 7 nitrogen and oxygen atoms in total. The summed E-state index contributed by atoms with van der Waals surface area (Å²) in [5, 5.41) is 14.0. The maximum atomic E-state index is 11.2. The van der Waals surface area contributed by atoms with Crippen molar-refractivity contribution in [2.24, 2.45) is 11.8 Å². The summed E-state index contributed by atoms with van der Waals surface area (Å²) in [6.45, 7) is 10.8. The highest BCUT2D eigenvalue weighted by Crippen LogP contribution is 2.34. The molecule has 0 amide bonds. The van der Waals surface area contributed by atoms with E-state index in [1.807, 2.05) is 44.2 Å². The van der Waals surface area contributed by atoms with Gasteiger partial charge in [0.1, 0.15) is 5.60 Å². The molecular formula is C28H34ClN3O4. The Balaban J connectivity index is 1.38. The second kappa shape index (κ2) is 11.0. The SMILES string of the molecule is CC(C)Cc1ccc(-c2nc(-c3ccc(CN4CCC(OC(=O)O)(C(C)C)CC4)cc3)no2)cc1Cl. The monoisotopic (exact) mass is 511 g/mol. The average molecular weight is 512 g/mol. The van der Waals surface area contributed by atoms with Gasteiger partial charge in [-0.2, -0.15) is 4.98 Å². The number of benzene rings is 2. The second-order valence-electron chi connectivity index (χ2n) is 10.4. The zero-order valence-corrected chi connectivity index (χ0v) is 22.1. The van der Waals surface area contributed by atoms with Crippen molar-refractivity contribution < 1.29 is 19.2 Å². The lowest BCUT2D eigenvalue weighted by Crippen LogP contribution is -2.49. The lowest BCUT2D eigenvalue weighted by Gasteiger charge is -2.43. The van der Waals surface area contributed by atoms with Crippen LogP contribution in [0, 0.1) is 11.8 Å². The molecule has 1 aromatic heterocycles. The van der Waals surface area contributed by atoms with Gasteiger partial charge in [-0.3, -0.25) is 4.90 Å². The first kappa shape index (κ1) is 26.2. The van der Waals surface area contributed by atoms with E-state index in [1.165, 1.54) is 5.56 Å². The van der Waals surface area contributed by atoms with E-state index in [0.717, 1.165) is 42.7 Å². The quantitative estimate of drug-likeness (QED) is 0.327. The first-order valence-electron chi connectivity index (χ1n) is 12.5. The summed E-state index contributed by atoms with van der Waals surface area (Å²) in [5.74, 6) is 1.65. The molecule has 3 aromatic rings. The molecule has 1 N–H and O–H groups in total. The maximum Gasteiger partial charge on any atom is 0.506 e. The molecule has 0 aliphatic carbocycles. The fourth-order valence-electron chi connectivity index (χ4n) is 4.82. The number of nitrogens with zero attached hydrogens (tertiary/aromatic N) is 3. The molecule has 1 aliphatic rings. The molecule has 2 aromatic carbocycles. The van der Waals surface area contributed by atoms with Crippen LogP contribution >= 0.6 is 11.6 Å². The van der Waals surface area contributed by atoms with Gasteiger partial charge in [0.2, 0.25) is 5.82 Å². The zero-order chi connectivity index (χ0) is 25.9. The summed E-state index contributed by atoms with van der Waals surface area (Å²) in [5.41, 5.74) is 3.37. The molecule has 0 bridgehead atoms. The van der Waals surface area contributed by atoms with Crippen LogP contribution in [-0.2, 0) is 17.7 Å². The van der Waals surface area contributed by atoms with E-state index in [9.17, 15) is 4.79 Å². The standard InChI is InChI=1S/C28H34ClN3O4/c1-18(2)15-22-9-10-23(16-24(22)29)26-30-25(31-36-26)21-7-5-20(6-8-21)17-32-13-11-28(12-14-32,19(3)4)35-27(33)34/h5-10,16,18-19H,11-15,17H2,1-4H3,(H,33,34). The number of rotatable bonds is 8. The van der Waals surface area contributed by atoms with Crippen LogP contribution in [0.5, 0.6) is 0 Å². The summed E-state index contributed by atoms with van der Waals surface area (Å²) in [4.78, 5) is 18.1. The first-order chi connectivity index (χ1) is 17.1. The van der Waals surface area contributed by atoms with Crippen LogP contribution in [0.2, 0.25) is 5.02 Å². The molecule has 8 heteroatoms. The highest BCUT2D eigenvalue weighted by atomic mass is 35.5. The molecule has 0 unspecified atom stereocenters. The van der Waals surface area contributed by atoms with Gasteiger partial charge in [0.25, 0.3) is 5.89 Å². The molecule has 36 heavy (non-hydrogen) atoms. The van der Waals surface area contributed by atoms with Crippen LogP contribution in [0.3, 0.4) is 0 Å². The van der Waals surface area contributed by atoms with Crippen LogP contribution in [0.15, 0.2) is 47.0 Å². The molecule has 1 fully saturated rings. The highest BCUT2D eigenvalue weighted by molar-refractivity contribution is 6.31. The zero-order valence-electron chi connectivity index (χ0n) is 21.3. The number of hydrogen-bond acceptors (Lipinski definition) is 6. The van der Waals surface area contributed by atoms with E-state index in [1.54, 1.807) is 0 Å². The average Bonchev–Trinajstić information content (AvgIpc) is 3.32. The number of likely N-dealkylation sites (tertiary alicyclic amines) is 1. The van der Waals surface area contributed by atoms with Gasteiger partial charge < -0.3 is 14.4 Å². The highest BCUT2D eigenvalue weighted by Gasteiger charge is 2.41. The minimum absolute atomic E-state index is 0.142. The summed E-state index contributed by atoms with van der Waals surface area (Å²) >= 11 is 6.47. The Bertz CT molecular complexity index is 1180. The summed E-state index contributed by atoms with van der Waals surface area (Å²) in [6, 6.07) is 14.0. The van der Waals surface area contributed by atoms with E-state index >= 15 is 0 Å². The van der Waals surface area contributed by atoms with Crippen LogP contribution in [0.1, 0.15) is 51.7 Å². The first-order valence-corrected chi connectivity index (χ1v) is 12.9. The van der Waals surface area contributed by atoms with Gasteiger partial charge in [0, 0.05) is 48.6 Å². The van der Waals surface area contributed by atoms with Crippen molar-refractivity contribution in [1.82, 2.24) is 15.0 Å². The smallest absolute Gasteiger partial charge is 0.450 e. The van der Waals surface area contributed by atoms with Crippen molar-refractivity contribution in [3.8, 4) is 22.8 Å². The molecule has 0 saturated carbocycles. The molecule has 1 aliphatic heterocycles. The Morgan fingerprint density at radius 3 is 2.36 bits per heavy atom. The predicted octanol–water partition coefficient (Wildman–Crippen LogP) is 6.94. The minimum Gasteiger partial charge on any atom is -0.450 e. The molecule has 4 rings (SSSR count). The maximum absolute atomic E-state index is 11.2. The summed E-state index contributed by atoms with van der Waals surface area (Å²) in [6.07, 6.45) is 1.13. The Morgan fingerprint density at radius 1 is 1.11 bits per heavy atom. The second-order valence-corrected chi connectivity index (χ2v) is 10.8. The molecule has 192 valence electrons. The van der Waals surface area contributed by atoms with Crippen LogP contribution in [-0.4, -0.2) is 45.0 Å². The van der Waals surface area contributed by atoms with Crippen molar-refractivity contribution in [2.75, 3.05) is 13.1 Å². The van der Waals surface area contributed by atoms with Crippen LogP contribution < -0.4 is 0 Å². The Hall–Kier alpha value is -2.90. The molecule has 0 spiro atoms. The van der Waals surface area contributed by atoms with Crippen molar-refractivity contribution in [1.29, 1.82) is 0 Å². The summed E-state index contributed by atoms with van der Waals surface area (Å²) in [7, 11) is 0. The van der Waals surface area contributed by atoms with Gasteiger partial charge in [0.05, 0.1) is 0 Å². The Morgan fingerprint density at radius 2 is 1.78 bits per heavy atom. The van der Waals surface area contributed by atoms with Crippen molar-refractivity contribution in [3.05, 3.63) is 58.6 Å². The third-order valence-corrected chi connectivity index (χ3v) is 7.37. The topological polar surface area (TPSA) is 88.7 Å². The number of hydrogen-bond donors (Lipinski definition) is 1. The third-order valence-electron chi connectivity index (χ3n) is 7.02. The molecule has 2 heterocycles. The number of carbonyl (C=O) groups is 1. The Labute approximate surface area is 217 Å². The van der Waals surface area contributed by atoms with Crippen molar-refractivity contribution >= 4 is 17.8 Å². The van der Waals surface area contributed by atoms with Gasteiger partial charge in [-0.25, -0.2) is 4.79 Å². The van der Waals surface area contributed by atoms with Gasteiger partial charge in [-0.1, -0.05) is 74.8 Å². The molecular weight excluding hydrogens is 478 g/mol.